The predicted molar refractivity (Wildman–Crippen MR) is 88.9 cm³/mol. The van der Waals surface area contributed by atoms with E-state index in [2.05, 4.69) is 4.72 Å². The van der Waals surface area contributed by atoms with Gasteiger partial charge in [-0.1, -0.05) is 11.6 Å². The molecule has 1 saturated heterocycles. The summed E-state index contributed by atoms with van der Waals surface area (Å²) in [6.07, 6.45) is 0.0458. The van der Waals surface area contributed by atoms with Gasteiger partial charge in [-0.2, -0.15) is 0 Å². The lowest BCUT2D eigenvalue weighted by atomic mass is 10.3. The van der Waals surface area contributed by atoms with Gasteiger partial charge in [-0.05, 0) is 48.5 Å². The number of nitrogens with one attached hydrogen (secondary N) is 1. The van der Waals surface area contributed by atoms with Crippen LogP contribution in [0, 0.1) is 5.82 Å². The standard InChI is InChI=1S/C16H14ClFN2O3S/c17-11-1-7-15(8-2-11)24(22,23)19-13-9-16(21)20(10-13)14-5-3-12(18)4-6-14/h1-8,13,19H,9-10H2. The topological polar surface area (TPSA) is 66.5 Å². The van der Waals surface area contributed by atoms with Crippen molar-refractivity contribution >= 4 is 33.2 Å². The Morgan fingerprint density at radius 2 is 1.71 bits per heavy atom. The van der Waals surface area contributed by atoms with Gasteiger partial charge in [0, 0.05) is 29.7 Å². The molecule has 24 heavy (non-hydrogen) atoms. The maximum atomic E-state index is 13.0. The van der Waals surface area contributed by atoms with Crippen molar-refractivity contribution in [2.75, 3.05) is 11.4 Å². The molecule has 0 saturated carbocycles. The molecule has 5 nitrogen and oxygen atoms in total. The van der Waals surface area contributed by atoms with Crippen LogP contribution in [0.4, 0.5) is 10.1 Å². The van der Waals surface area contributed by atoms with E-state index in [-0.39, 0.29) is 23.8 Å². The van der Waals surface area contributed by atoms with Gasteiger partial charge in [-0.3, -0.25) is 4.79 Å². The fourth-order valence-corrected chi connectivity index (χ4v) is 3.91. The molecule has 3 rings (SSSR count). The zero-order valence-corrected chi connectivity index (χ0v) is 14.0. The molecule has 1 atom stereocenters. The van der Waals surface area contributed by atoms with Crippen LogP contribution >= 0.6 is 11.6 Å². The van der Waals surface area contributed by atoms with Gasteiger partial charge in [-0.15, -0.1) is 0 Å². The summed E-state index contributed by atoms with van der Waals surface area (Å²) < 4.78 is 40.2. The van der Waals surface area contributed by atoms with Gasteiger partial charge in [0.15, 0.2) is 0 Å². The Morgan fingerprint density at radius 3 is 2.33 bits per heavy atom. The van der Waals surface area contributed by atoms with Gasteiger partial charge in [0.05, 0.1) is 4.90 Å². The Morgan fingerprint density at radius 1 is 1.08 bits per heavy atom. The van der Waals surface area contributed by atoms with Crippen LogP contribution in [0.2, 0.25) is 5.02 Å². The van der Waals surface area contributed by atoms with Gasteiger partial charge in [0.1, 0.15) is 5.82 Å². The maximum absolute atomic E-state index is 13.0. The number of sulfonamides is 1. The van der Waals surface area contributed by atoms with Crippen LogP contribution in [-0.2, 0) is 14.8 Å². The number of carbonyl (C=O) groups is 1. The van der Waals surface area contributed by atoms with Crippen molar-refractivity contribution in [3.8, 4) is 0 Å². The first-order chi connectivity index (χ1) is 11.3. The summed E-state index contributed by atoms with van der Waals surface area (Å²) in [5, 5.41) is 0.437. The van der Waals surface area contributed by atoms with Gasteiger partial charge in [-0.25, -0.2) is 17.5 Å². The number of carbonyl (C=O) groups excluding carboxylic acids is 1. The van der Waals surface area contributed by atoms with E-state index in [9.17, 15) is 17.6 Å². The van der Waals surface area contributed by atoms with Crippen molar-refractivity contribution in [2.45, 2.75) is 17.4 Å². The average molecular weight is 369 g/mol. The molecule has 1 N–H and O–H groups in total. The number of nitrogens with zero attached hydrogens (tertiary/aromatic N) is 1. The van der Waals surface area contributed by atoms with Crippen LogP contribution < -0.4 is 9.62 Å². The molecule has 0 aliphatic carbocycles. The third-order valence-electron chi connectivity index (χ3n) is 3.71. The van der Waals surface area contributed by atoms with E-state index in [1.165, 1.54) is 53.4 Å². The molecule has 2 aromatic carbocycles. The summed E-state index contributed by atoms with van der Waals surface area (Å²) in [6.45, 7) is 0.192. The minimum atomic E-state index is -3.74. The highest BCUT2D eigenvalue weighted by Gasteiger charge is 2.33. The molecule has 1 fully saturated rings. The molecule has 126 valence electrons. The Labute approximate surface area is 144 Å². The first-order valence-electron chi connectivity index (χ1n) is 7.19. The first-order valence-corrected chi connectivity index (χ1v) is 9.05. The van der Waals surface area contributed by atoms with E-state index < -0.39 is 21.9 Å². The zero-order chi connectivity index (χ0) is 17.3. The SMILES string of the molecule is O=C1CC(NS(=O)(=O)c2ccc(Cl)cc2)CN1c1ccc(F)cc1. The molecule has 0 bridgehead atoms. The van der Waals surface area contributed by atoms with E-state index in [0.29, 0.717) is 10.7 Å². The summed E-state index contributed by atoms with van der Waals surface area (Å²) in [6, 6.07) is 10.7. The molecule has 8 heteroatoms. The van der Waals surface area contributed by atoms with Crippen LogP contribution in [0.5, 0.6) is 0 Å². The smallest absolute Gasteiger partial charge is 0.240 e. The molecule has 0 radical (unpaired) electrons. The second-order valence-corrected chi connectivity index (χ2v) is 7.61. The normalized spacial score (nSPS) is 18.2. The van der Waals surface area contributed by atoms with Gasteiger partial charge in [0.25, 0.3) is 0 Å². The molecule has 1 aliphatic heterocycles. The Kier molecular flexibility index (Phi) is 4.58. The van der Waals surface area contributed by atoms with Crippen LogP contribution in [0.1, 0.15) is 6.42 Å². The zero-order valence-electron chi connectivity index (χ0n) is 12.4. The van der Waals surface area contributed by atoms with Crippen LogP contribution in [-0.4, -0.2) is 26.9 Å². The second-order valence-electron chi connectivity index (χ2n) is 5.46. The Hall–Kier alpha value is -1.96. The van der Waals surface area contributed by atoms with Crippen LogP contribution in [0.3, 0.4) is 0 Å². The monoisotopic (exact) mass is 368 g/mol. The molecular weight excluding hydrogens is 355 g/mol. The number of amides is 1. The second kappa shape index (κ2) is 6.51. The summed E-state index contributed by atoms with van der Waals surface area (Å²) >= 11 is 5.76. The minimum Gasteiger partial charge on any atom is -0.311 e. The number of anilines is 1. The number of benzene rings is 2. The molecule has 1 unspecified atom stereocenters. The lowest BCUT2D eigenvalue weighted by Gasteiger charge is -2.17. The summed E-state index contributed by atoms with van der Waals surface area (Å²) in [5.41, 5.74) is 0.537. The highest BCUT2D eigenvalue weighted by molar-refractivity contribution is 7.89. The van der Waals surface area contributed by atoms with E-state index in [1.807, 2.05) is 0 Å². The largest absolute Gasteiger partial charge is 0.311 e. The maximum Gasteiger partial charge on any atom is 0.240 e. The lowest BCUT2D eigenvalue weighted by molar-refractivity contribution is -0.117. The molecular formula is C16H14ClFN2O3S. The van der Waals surface area contributed by atoms with Gasteiger partial charge < -0.3 is 4.90 Å². The lowest BCUT2D eigenvalue weighted by Crippen LogP contribution is -2.37. The molecule has 1 aliphatic rings. The van der Waals surface area contributed by atoms with Crippen molar-refractivity contribution in [1.82, 2.24) is 4.72 Å². The number of halogens is 2. The fourth-order valence-electron chi connectivity index (χ4n) is 2.56. The highest BCUT2D eigenvalue weighted by atomic mass is 35.5. The third-order valence-corrected chi connectivity index (χ3v) is 5.50. The van der Waals surface area contributed by atoms with E-state index in [1.54, 1.807) is 0 Å². The van der Waals surface area contributed by atoms with Crippen LogP contribution in [0.25, 0.3) is 0 Å². The third kappa shape index (κ3) is 3.58. The first kappa shape index (κ1) is 16.9. The molecule has 2 aromatic rings. The quantitative estimate of drug-likeness (QED) is 0.902. The van der Waals surface area contributed by atoms with Crippen molar-refractivity contribution in [3.05, 3.63) is 59.4 Å². The van der Waals surface area contributed by atoms with Crippen molar-refractivity contribution in [3.63, 3.8) is 0 Å². The number of hydrogen-bond acceptors (Lipinski definition) is 3. The van der Waals surface area contributed by atoms with Crippen molar-refractivity contribution in [2.24, 2.45) is 0 Å². The molecule has 0 aromatic heterocycles. The van der Waals surface area contributed by atoms with Gasteiger partial charge in [0.2, 0.25) is 15.9 Å². The minimum absolute atomic E-state index is 0.0458. The summed E-state index contributed by atoms with van der Waals surface area (Å²) in [4.78, 5) is 13.6. The number of hydrogen-bond donors (Lipinski definition) is 1. The Bertz CT molecular complexity index is 854. The fraction of sp³-hybridized carbons (Fsp3) is 0.188. The van der Waals surface area contributed by atoms with Crippen LogP contribution in [0.15, 0.2) is 53.4 Å². The van der Waals surface area contributed by atoms with Crippen molar-refractivity contribution < 1.29 is 17.6 Å². The average Bonchev–Trinajstić information content (AvgIpc) is 2.88. The summed E-state index contributed by atoms with van der Waals surface area (Å²) in [5.74, 6) is -0.615. The predicted octanol–water partition coefficient (Wildman–Crippen LogP) is 2.56. The van der Waals surface area contributed by atoms with Gasteiger partial charge >= 0.3 is 0 Å². The Balaban J connectivity index is 1.74. The van der Waals surface area contributed by atoms with Crippen molar-refractivity contribution in [1.29, 1.82) is 0 Å². The number of rotatable bonds is 4. The van der Waals surface area contributed by atoms with E-state index >= 15 is 0 Å². The van der Waals surface area contributed by atoms with E-state index in [4.69, 9.17) is 11.6 Å². The molecule has 0 spiro atoms. The summed E-state index contributed by atoms with van der Waals surface area (Å²) in [7, 11) is -3.74. The molecule has 1 amide bonds. The highest BCUT2D eigenvalue weighted by Crippen LogP contribution is 2.23. The van der Waals surface area contributed by atoms with E-state index in [0.717, 1.165) is 0 Å². The molecule has 1 heterocycles.